The molecule has 0 unspecified atom stereocenters. The second-order valence-electron chi connectivity index (χ2n) is 5.55. The number of hydrogen-bond acceptors (Lipinski definition) is 6. The Hall–Kier alpha value is -2.45. The summed E-state index contributed by atoms with van der Waals surface area (Å²) in [5, 5.41) is 8.33. The van der Waals surface area contributed by atoms with E-state index in [1.54, 1.807) is 11.8 Å². The van der Waals surface area contributed by atoms with Crippen molar-refractivity contribution in [2.45, 2.75) is 38.1 Å². The quantitative estimate of drug-likeness (QED) is 0.739. The Morgan fingerprint density at radius 2 is 2.09 bits per heavy atom. The van der Waals surface area contributed by atoms with Crippen LogP contribution in [0.3, 0.4) is 0 Å². The number of rotatable bonds is 3. The van der Waals surface area contributed by atoms with E-state index in [0.29, 0.717) is 24.8 Å². The topological polar surface area (TPSA) is 117 Å². The molecule has 118 valence electrons. The molecule has 2 saturated heterocycles. The Balaban J connectivity index is 1.51. The zero-order valence-corrected chi connectivity index (χ0v) is 12.2. The number of piperidine rings is 1. The van der Waals surface area contributed by atoms with Crippen LogP contribution in [0.2, 0.25) is 0 Å². The Morgan fingerprint density at radius 3 is 2.64 bits per heavy atom. The molecule has 2 aliphatic heterocycles. The summed E-state index contributed by atoms with van der Waals surface area (Å²) in [6, 6.07) is -1.32. The minimum atomic E-state index is -0.767. The summed E-state index contributed by atoms with van der Waals surface area (Å²) < 4.78 is 5.17. The van der Waals surface area contributed by atoms with Crippen LogP contribution in [-0.4, -0.2) is 52.0 Å². The van der Waals surface area contributed by atoms with Gasteiger partial charge >= 0.3 is 6.03 Å². The number of aromatic nitrogens is 2. The van der Waals surface area contributed by atoms with Crippen LogP contribution < -0.4 is 10.6 Å². The lowest BCUT2D eigenvalue weighted by Gasteiger charge is -2.30. The van der Waals surface area contributed by atoms with Crippen molar-refractivity contribution in [1.82, 2.24) is 25.7 Å². The molecule has 2 aliphatic rings. The molecule has 1 atom stereocenters. The highest BCUT2D eigenvalue weighted by atomic mass is 16.5. The van der Waals surface area contributed by atoms with E-state index in [0.717, 1.165) is 12.8 Å². The number of aryl methyl sites for hydroxylation is 1. The number of nitrogens with one attached hydrogen (secondary N) is 2. The molecule has 2 fully saturated rings. The van der Waals surface area contributed by atoms with Crippen molar-refractivity contribution in [3.05, 3.63) is 11.7 Å². The van der Waals surface area contributed by atoms with Crippen LogP contribution in [0.4, 0.5) is 4.79 Å². The van der Waals surface area contributed by atoms with Gasteiger partial charge in [0.05, 0.1) is 6.42 Å². The highest BCUT2D eigenvalue weighted by Crippen LogP contribution is 2.27. The van der Waals surface area contributed by atoms with Gasteiger partial charge in [-0.2, -0.15) is 4.98 Å². The van der Waals surface area contributed by atoms with E-state index in [1.165, 1.54) is 0 Å². The van der Waals surface area contributed by atoms with Crippen LogP contribution in [-0.2, 0) is 9.59 Å². The fraction of sp³-hybridized carbons (Fsp3) is 0.615. The number of likely N-dealkylation sites (tertiary alicyclic amines) is 1. The molecule has 9 nitrogen and oxygen atoms in total. The minimum Gasteiger partial charge on any atom is -0.343 e. The summed E-state index contributed by atoms with van der Waals surface area (Å²) >= 11 is 0. The normalized spacial score (nSPS) is 22.6. The predicted octanol–water partition coefficient (Wildman–Crippen LogP) is -0.318. The second-order valence-corrected chi connectivity index (χ2v) is 5.55. The molecular weight excluding hydrogens is 290 g/mol. The van der Waals surface area contributed by atoms with Crippen LogP contribution in [0.1, 0.15) is 36.9 Å². The van der Waals surface area contributed by atoms with Gasteiger partial charge in [0.15, 0.2) is 5.82 Å². The lowest BCUT2D eigenvalue weighted by molar-refractivity contribution is -0.134. The van der Waals surface area contributed by atoms with Gasteiger partial charge in [-0.3, -0.25) is 14.9 Å². The summed E-state index contributed by atoms with van der Waals surface area (Å²) in [6.07, 6.45) is 1.48. The monoisotopic (exact) mass is 307 g/mol. The van der Waals surface area contributed by atoms with Crippen molar-refractivity contribution in [2.24, 2.45) is 0 Å². The van der Waals surface area contributed by atoms with Gasteiger partial charge in [0.1, 0.15) is 6.04 Å². The van der Waals surface area contributed by atoms with Gasteiger partial charge in [-0.1, -0.05) is 5.16 Å². The van der Waals surface area contributed by atoms with E-state index < -0.39 is 18.0 Å². The van der Waals surface area contributed by atoms with Crippen molar-refractivity contribution in [3.63, 3.8) is 0 Å². The minimum absolute atomic E-state index is 0.0120. The summed E-state index contributed by atoms with van der Waals surface area (Å²) in [5.74, 6) is 0.806. The summed E-state index contributed by atoms with van der Waals surface area (Å²) in [5.41, 5.74) is 0. The van der Waals surface area contributed by atoms with Crippen molar-refractivity contribution in [1.29, 1.82) is 0 Å². The lowest BCUT2D eigenvalue weighted by atomic mass is 9.96. The maximum Gasteiger partial charge on any atom is 0.322 e. The van der Waals surface area contributed by atoms with Gasteiger partial charge in [0.25, 0.3) is 5.91 Å². The highest BCUT2D eigenvalue weighted by Gasteiger charge is 2.34. The van der Waals surface area contributed by atoms with E-state index in [9.17, 15) is 14.4 Å². The lowest BCUT2D eigenvalue weighted by Crippen LogP contribution is -2.42. The van der Waals surface area contributed by atoms with Crippen molar-refractivity contribution in [2.75, 3.05) is 13.1 Å². The number of carbonyl (C=O) groups is 3. The van der Waals surface area contributed by atoms with Gasteiger partial charge in [0, 0.05) is 19.0 Å². The average molecular weight is 307 g/mol. The zero-order valence-electron chi connectivity index (χ0n) is 12.2. The Kier molecular flexibility index (Phi) is 3.78. The molecule has 9 heteroatoms. The van der Waals surface area contributed by atoms with Crippen LogP contribution in [0.25, 0.3) is 0 Å². The van der Waals surface area contributed by atoms with Gasteiger partial charge < -0.3 is 14.7 Å². The average Bonchev–Trinajstić information content (AvgIpc) is 3.05. The standard InChI is InChI=1S/C13H17N5O4/c1-7-14-12(22-17-7)8-2-4-18(5-3-8)10(19)6-9-11(20)16-13(21)15-9/h8-9H,2-6H2,1H3,(H2,15,16,20,21)/t9-/m1/s1. The SMILES string of the molecule is Cc1noc(C2CCN(C(=O)C[C@H]3NC(=O)NC3=O)CC2)n1. The highest BCUT2D eigenvalue weighted by molar-refractivity contribution is 6.05. The maximum atomic E-state index is 12.2. The fourth-order valence-electron chi connectivity index (χ4n) is 2.76. The molecule has 1 aromatic rings. The molecule has 0 saturated carbocycles. The van der Waals surface area contributed by atoms with Gasteiger partial charge in [0.2, 0.25) is 11.8 Å². The van der Waals surface area contributed by atoms with E-state index in [4.69, 9.17) is 4.52 Å². The summed E-state index contributed by atoms with van der Waals surface area (Å²) in [7, 11) is 0. The van der Waals surface area contributed by atoms with Crippen LogP contribution >= 0.6 is 0 Å². The third kappa shape index (κ3) is 2.92. The molecule has 0 aromatic carbocycles. The summed E-state index contributed by atoms with van der Waals surface area (Å²) in [6.45, 7) is 2.92. The first kappa shape index (κ1) is 14.5. The Morgan fingerprint density at radius 1 is 1.36 bits per heavy atom. The fourth-order valence-corrected chi connectivity index (χ4v) is 2.76. The first-order valence-corrected chi connectivity index (χ1v) is 7.22. The van der Waals surface area contributed by atoms with E-state index in [-0.39, 0.29) is 18.2 Å². The van der Waals surface area contributed by atoms with Crippen molar-refractivity contribution in [3.8, 4) is 0 Å². The molecule has 0 radical (unpaired) electrons. The van der Waals surface area contributed by atoms with Gasteiger partial charge in [-0.15, -0.1) is 0 Å². The predicted molar refractivity (Wildman–Crippen MR) is 72.7 cm³/mol. The van der Waals surface area contributed by atoms with E-state index >= 15 is 0 Å². The largest absolute Gasteiger partial charge is 0.343 e. The first-order valence-electron chi connectivity index (χ1n) is 7.22. The number of nitrogens with zero attached hydrogens (tertiary/aromatic N) is 3. The smallest absolute Gasteiger partial charge is 0.322 e. The summed E-state index contributed by atoms with van der Waals surface area (Å²) in [4.78, 5) is 40.6. The first-order chi connectivity index (χ1) is 10.5. The van der Waals surface area contributed by atoms with E-state index in [1.807, 2.05) is 0 Å². The van der Waals surface area contributed by atoms with Crippen LogP contribution in [0.5, 0.6) is 0 Å². The molecule has 0 bridgehead atoms. The second kappa shape index (κ2) is 5.74. The van der Waals surface area contributed by atoms with Crippen LogP contribution in [0.15, 0.2) is 4.52 Å². The molecule has 3 rings (SSSR count). The van der Waals surface area contributed by atoms with Gasteiger partial charge in [-0.25, -0.2) is 4.79 Å². The van der Waals surface area contributed by atoms with Crippen LogP contribution in [0, 0.1) is 6.92 Å². The Labute approximate surface area is 126 Å². The molecule has 4 amide bonds. The van der Waals surface area contributed by atoms with Gasteiger partial charge in [-0.05, 0) is 19.8 Å². The number of urea groups is 1. The molecule has 0 aliphatic carbocycles. The third-order valence-corrected chi connectivity index (χ3v) is 3.98. The maximum absolute atomic E-state index is 12.2. The zero-order chi connectivity index (χ0) is 15.7. The molecule has 1 aromatic heterocycles. The van der Waals surface area contributed by atoms with Crippen molar-refractivity contribution < 1.29 is 18.9 Å². The third-order valence-electron chi connectivity index (χ3n) is 3.98. The molecule has 22 heavy (non-hydrogen) atoms. The number of imide groups is 1. The molecule has 3 heterocycles. The number of carbonyl (C=O) groups excluding carboxylic acids is 3. The molecule has 2 N–H and O–H groups in total. The number of amides is 4. The molecular formula is C13H17N5O4. The Bertz CT molecular complexity index is 605. The number of hydrogen-bond donors (Lipinski definition) is 2. The van der Waals surface area contributed by atoms with E-state index in [2.05, 4.69) is 20.8 Å². The van der Waals surface area contributed by atoms with Crippen molar-refractivity contribution >= 4 is 17.8 Å². The molecule has 0 spiro atoms.